The van der Waals surface area contributed by atoms with Gasteiger partial charge >= 0.3 is 5.97 Å². The van der Waals surface area contributed by atoms with Crippen LogP contribution in [0.1, 0.15) is 20.3 Å². The van der Waals surface area contributed by atoms with E-state index in [4.69, 9.17) is 5.11 Å². The summed E-state index contributed by atoms with van der Waals surface area (Å²) in [6, 6.07) is 9.77. The summed E-state index contributed by atoms with van der Waals surface area (Å²) in [7, 11) is 0. The Morgan fingerprint density at radius 1 is 1.28 bits per heavy atom. The zero-order valence-corrected chi connectivity index (χ0v) is 11.3. The molecule has 0 aliphatic rings. The number of amides is 1. The molecule has 0 heterocycles. The Morgan fingerprint density at radius 3 is 2.44 bits per heavy atom. The fourth-order valence-electron chi connectivity index (χ4n) is 1.24. The summed E-state index contributed by atoms with van der Waals surface area (Å²) in [6.45, 7) is 2.94. The van der Waals surface area contributed by atoms with E-state index in [1.807, 2.05) is 30.3 Å². The first kappa shape index (κ1) is 14.6. The molecule has 1 aromatic rings. The molecule has 0 saturated heterocycles. The molecular formula is C13H17NO3S. The summed E-state index contributed by atoms with van der Waals surface area (Å²) < 4.78 is 0. The summed E-state index contributed by atoms with van der Waals surface area (Å²) >= 11 is 1.57. The van der Waals surface area contributed by atoms with Crippen LogP contribution in [0.5, 0.6) is 0 Å². The number of aliphatic carboxylic acids is 1. The predicted octanol–water partition coefficient (Wildman–Crippen LogP) is 2.15. The molecular weight excluding hydrogens is 250 g/mol. The summed E-state index contributed by atoms with van der Waals surface area (Å²) in [6.07, 6.45) is 0.302. The van der Waals surface area contributed by atoms with Gasteiger partial charge in [0.1, 0.15) is 5.54 Å². The average Bonchev–Trinajstić information content (AvgIpc) is 2.29. The second-order valence-electron chi connectivity index (χ2n) is 4.39. The lowest BCUT2D eigenvalue weighted by molar-refractivity contribution is -0.145. The van der Waals surface area contributed by atoms with Gasteiger partial charge in [0.15, 0.2) is 0 Å². The Labute approximate surface area is 111 Å². The number of thioether (sulfide) groups is 1. The number of carbonyl (C=O) groups is 2. The summed E-state index contributed by atoms with van der Waals surface area (Å²) in [5.41, 5.74) is -1.21. The van der Waals surface area contributed by atoms with E-state index in [2.05, 4.69) is 5.32 Å². The van der Waals surface area contributed by atoms with Crippen LogP contribution in [0.3, 0.4) is 0 Å². The second kappa shape index (κ2) is 6.44. The van der Waals surface area contributed by atoms with Gasteiger partial charge in [-0.15, -0.1) is 11.8 Å². The number of carboxylic acids is 1. The van der Waals surface area contributed by atoms with E-state index in [1.54, 1.807) is 11.8 Å². The van der Waals surface area contributed by atoms with Crippen molar-refractivity contribution < 1.29 is 14.7 Å². The predicted molar refractivity (Wildman–Crippen MR) is 71.6 cm³/mol. The molecule has 0 radical (unpaired) electrons. The maximum Gasteiger partial charge on any atom is 0.328 e. The molecule has 5 heteroatoms. The quantitative estimate of drug-likeness (QED) is 0.775. The van der Waals surface area contributed by atoms with E-state index < -0.39 is 11.5 Å². The molecule has 1 amide bonds. The molecule has 98 valence electrons. The van der Waals surface area contributed by atoms with Gasteiger partial charge in [-0.05, 0) is 26.0 Å². The fraction of sp³-hybridized carbons (Fsp3) is 0.385. The van der Waals surface area contributed by atoms with Crippen molar-refractivity contribution in [3.8, 4) is 0 Å². The van der Waals surface area contributed by atoms with Gasteiger partial charge in [0.2, 0.25) is 5.91 Å². The highest BCUT2D eigenvalue weighted by molar-refractivity contribution is 7.99. The van der Waals surface area contributed by atoms with Crippen molar-refractivity contribution in [2.24, 2.45) is 0 Å². The summed E-state index contributed by atoms with van der Waals surface area (Å²) in [5, 5.41) is 11.4. The van der Waals surface area contributed by atoms with Crippen LogP contribution in [0.25, 0.3) is 0 Å². The molecule has 0 saturated carbocycles. The molecule has 0 aromatic heterocycles. The molecule has 2 N–H and O–H groups in total. The number of benzene rings is 1. The molecule has 4 nitrogen and oxygen atoms in total. The Balaban J connectivity index is 2.32. The van der Waals surface area contributed by atoms with Crippen molar-refractivity contribution in [2.75, 3.05) is 5.75 Å². The normalized spacial score (nSPS) is 11.0. The van der Waals surface area contributed by atoms with Crippen LogP contribution in [-0.2, 0) is 9.59 Å². The highest BCUT2D eigenvalue weighted by Gasteiger charge is 2.28. The molecule has 0 aliphatic carbocycles. The van der Waals surface area contributed by atoms with Crippen LogP contribution in [0.2, 0.25) is 0 Å². The zero-order chi connectivity index (χ0) is 13.6. The van der Waals surface area contributed by atoms with Crippen molar-refractivity contribution in [1.82, 2.24) is 5.32 Å². The van der Waals surface area contributed by atoms with Crippen LogP contribution < -0.4 is 5.32 Å². The molecule has 18 heavy (non-hydrogen) atoms. The third-order valence-electron chi connectivity index (χ3n) is 2.33. The van der Waals surface area contributed by atoms with Gasteiger partial charge in [0, 0.05) is 17.1 Å². The fourth-order valence-corrected chi connectivity index (χ4v) is 2.12. The number of hydrogen-bond acceptors (Lipinski definition) is 3. The van der Waals surface area contributed by atoms with Gasteiger partial charge in [0.25, 0.3) is 0 Å². The van der Waals surface area contributed by atoms with Gasteiger partial charge < -0.3 is 10.4 Å². The molecule has 0 fully saturated rings. The minimum absolute atomic E-state index is 0.245. The molecule has 0 atom stereocenters. The number of carboxylic acid groups (broad SMARTS) is 1. The van der Waals surface area contributed by atoms with Gasteiger partial charge in [0.05, 0.1) is 0 Å². The van der Waals surface area contributed by atoms with Crippen LogP contribution in [0, 0.1) is 0 Å². The lowest BCUT2D eigenvalue weighted by Gasteiger charge is -2.20. The Bertz CT molecular complexity index is 418. The van der Waals surface area contributed by atoms with Gasteiger partial charge in [-0.2, -0.15) is 0 Å². The van der Waals surface area contributed by atoms with Crippen molar-refractivity contribution in [3.63, 3.8) is 0 Å². The van der Waals surface area contributed by atoms with E-state index in [1.165, 1.54) is 13.8 Å². The van der Waals surface area contributed by atoms with E-state index in [-0.39, 0.29) is 5.91 Å². The number of hydrogen-bond donors (Lipinski definition) is 2. The number of nitrogens with one attached hydrogen (secondary N) is 1. The van der Waals surface area contributed by atoms with Crippen LogP contribution in [0.15, 0.2) is 35.2 Å². The highest BCUT2D eigenvalue weighted by Crippen LogP contribution is 2.17. The van der Waals surface area contributed by atoms with E-state index in [9.17, 15) is 9.59 Å². The Kier molecular flexibility index (Phi) is 5.22. The first-order valence-electron chi connectivity index (χ1n) is 5.64. The van der Waals surface area contributed by atoms with Crippen molar-refractivity contribution >= 4 is 23.6 Å². The molecule has 0 unspecified atom stereocenters. The number of carbonyl (C=O) groups excluding carboxylic acids is 1. The summed E-state index contributed by atoms with van der Waals surface area (Å²) in [5.74, 6) is -0.650. The van der Waals surface area contributed by atoms with E-state index in [0.717, 1.165) is 4.90 Å². The van der Waals surface area contributed by atoms with Crippen molar-refractivity contribution in [2.45, 2.75) is 30.7 Å². The largest absolute Gasteiger partial charge is 0.480 e. The van der Waals surface area contributed by atoms with Gasteiger partial charge in [-0.3, -0.25) is 4.79 Å². The third-order valence-corrected chi connectivity index (χ3v) is 3.34. The second-order valence-corrected chi connectivity index (χ2v) is 5.56. The van der Waals surface area contributed by atoms with Crippen LogP contribution in [-0.4, -0.2) is 28.3 Å². The van der Waals surface area contributed by atoms with Crippen molar-refractivity contribution in [3.05, 3.63) is 30.3 Å². The first-order valence-corrected chi connectivity index (χ1v) is 6.62. The lowest BCUT2D eigenvalue weighted by atomic mass is 10.1. The van der Waals surface area contributed by atoms with Crippen LogP contribution >= 0.6 is 11.8 Å². The SMILES string of the molecule is CC(C)(NC(=O)CCSc1ccccc1)C(=O)O. The standard InChI is InChI=1S/C13H17NO3S/c1-13(2,12(16)17)14-11(15)8-9-18-10-6-4-3-5-7-10/h3-7H,8-9H2,1-2H3,(H,14,15)(H,16,17). The maximum absolute atomic E-state index is 11.6. The minimum Gasteiger partial charge on any atom is -0.480 e. The van der Waals surface area contributed by atoms with Gasteiger partial charge in [-0.25, -0.2) is 4.79 Å². The molecule has 0 spiro atoms. The van der Waals surface area contributed by atoms with Crippen molar-refractivity contribution in [1.29, 1.82) is 0 Å². The number of rotatable bonds is 6. The summed E-state index contributed by atoms with van der Waals surface area (Å²) in [4.78, 5) is 23.5. The molecule has 0 aliphatic heterocycles. The zero-order valence-electron chi connectivity index (χ0n) is 10.5. The Hall–Kier alpha value is -1.49. The molecule has 1 aromatic carbocycles. The van der Waals surface area contributed by atoms with E-state index in [0.29, 0.717) is 12.2 Å². The third kappa shape index (κ3) is 4.79. The van der Waals surface area contributed by atoms with Crippen LogP contribution in [0.4, 0.5) is 0 Å². The van der Waals surface area contributed by atoms with Gasteiger partial charge in [-0.1, -0.05) is 18.2 Å². The monoisotopic (exact) mass is 267 g/mol. The lowest BCUT2D eigenvalue weighted by Crippen LogP contribution is -2.49. The van der Waals surface area contributed by atoms with E-state index >= 15 is 0 Å². The molecule has 1 rings (SSSR count). The topological polar surface area (TPSA) is 66.4 Å². The molecule has 0 bridgehead atoms. The minimum atomic E-state index is -1.21. The Morgan fingerprint density at radius 2 is 1.89 bits per heavy atom. The first-order chi connectivity index (χ1) is 8.42. The average molecular weight is 267 g/mol. The maximum atomic E-state index is 11.6. The smallest absolute Gasteiger partial charge is 0.328 e. The highest BCUT2D eigenvalue weighted by atomic mass is 32.2.